The SMILES string of the molecule is COC[C@H](O)CN(C)C(=O)CNC(=O)OCc1ccccc1. The van der Waals surface area contributed by atoms with Crippen LogP contribution in [0.15, 0.2) is 30.3 Å². The van der Waals surface area contributed by atoms with Crippen molar-refractivity contribution >= 4 is 12.0 Å². The van der Waals surface area contributed by atoms with Crippen LogP contribution in [0.25, 0.3) is 0 Å². The molecule has 0 unspecified atom stereocenters. The van der Waals surface area contributed by atoms with Gasteiger partial charge in [0.15, 0.2) is 0 Å². The molecule has 0 aromatic heterocycles. The fraction of sp³-hybridized carbons (Fsp3) is 0.467. The lowest BCUT2D eigenvalue weighted by molar-refractivity contribution is -0.130. The summed E-state index contributed by atoms with van der Waals surface area (Å²) in [5.74, 6) is -0.327. The van der Waals surface area contributed by atoms with E-state index in [2.05, 4.69) is 5.32 Å². The Morgan fingerprint density at radius 2 is 2.00 bits per heavy atom. The van der Waals surface area contributed by atoms with Gasteiger partial charge in [-0.3, -0.25) is 4.79 Å². The van der Waals surface area contributed by atoms with Crippen LogP contribution in [0.1, 0.15) is 5.56 Å². The fourth-order valence-electron chi connectivity index (χ4n) is 1.72. The topological polar surface area (TPSA) is 88.1 Å². The normalized spacial score (nSPS) is 11.6. The number of carbonyl (C=O) groups excluding carboxylic acids is 2. The molecule has 0 aliphatic rings. The van der Waals surface area contributed by atoms with Gasteiger partial charge in [-0.15, -0.1) is 0 Å². The molecular formula is C15H22N2O5. The maximum Gasteiger partial charge on any atom is 0.407 e. The molecule has 0 heterocycles. The minimum Gasteiger partial charge on any atom is -0.445 e. The summed E-state index contributed by atoms with van der Waals surface area (Å²) in [7, 11) is 3.01. The monoisotopic (exact) mass is 310 g/mol. The quantitative estimate of drug-likeness (QED) is 0.725. The summed E-state index contributed by atoms with van der Waals surface area (Å²) in [6.45, 7) is 0.227. The molecular weight excluding hydrogens is 288 g/mol. The molecule has 7 heteroatoms. The Labute approximate surface area is 129 Å². The van der Waals surface area contributed by atoms with Crippen LogP contribution in [0, 0.1) is 0 Å². The molecule has 2 amide bonds. The van der Waals surface area contributed by atoms with E-state index < -0.39 is 12.2 Å². The van der Waals surface area contributed by atoms with Gasteiger partial charge in [-0.25, -0.2) is 4.79 Å². The van der Waals surface area contributed by atoms with E-state index >= 15 is 0 Å². The molecule has 1 atom stereocenters. The van der Waals surface area contributed by atoms with Gasteiger partial charge >= 0.3 is 6.09 Å². The van der Waals surface area contributed by atoms with E-state index in [0.29, 0.717) is 0 Å². The maximum atomic E-state index is 11.8. The summed E-state index contributed by atoms with van der Waals surface area (Å²) in [5, 5.41) is 11.9. The third-order valence-electron chi connectivity index (χ3n) is 2.87. The third kappa shape index (κ3) is 7.05. The van der Waals surface area contributed by atoms with Gasteiger partial charge in [0, 0.05) is 20.7 Å². The van der Waals surface area contributed by atoms with Crippen molar-refractivity contribution in [3.63, 3.8) is 0 Å². The van der Waals surface area contributed by atoms with Crippen LogP contribution in [0.5, 0.6) is 0 Å². The molecule has 7 nitrogen and oxygen atoms in total. The zero-order chi connectivity index (χ0) is 16.4. The first-order chi connectivity index (χ1) is 10.5. The highest BCUT2D eigenvalue weighted by atomic mass is 16.5. The van der Waals surface area contributed by atoms with E-state index in [1.165, 1.54) is 19.1 Å². The van der Waals surface area contributed by atoms with Gasteiger partial charge in [-0.2, -0.15) is 0 Å². The second-order valence-corrected chi connectivity index (χ2v) is 4.80. The second-order valence-electron chi connectivity index (χ2n) is 4.80. The lowest BCUT2D eigenvalue weighted by Gasteiger charge is -2.20. The van der Waals surface area contributed by atoms with Crippen LogP contribution in [0.3, 0.4) is 0 Å². The maximum absolute atomic E-state index is 11.8. The molecule has 0 saturated heterocycles. The fourth-order valence-corrected chi connectivity index (χ4v) is 1.72. The molecule has 0 saturated carbocycles. The standard InChI is InChI=1S/C15H22N2O5/c1-17(9-13(18)11-21-2)14(19)8-16-15(20)22-10-12-6-4-3-5-7-12/h3-7,13,18H,8-11H2,1-2H3,(H,16,20)/t13-/m1/s1. The summed E-state index contributed by atoms with van der Waals surface area (Å²) >= 11 is 0. The minimum atomic E-state index is -0.760. The van der Waals surface area contributed by atoms with Crippen LogP contribution >= 0.6 is 0 Å². The predicted molar refractivity (Wildman–Crippen MR) is 80.1 cm³/mol. The summed E-state index contributed by atoms with van der Waals surface area (Å²) in [6, 6.07) is 9.24. The number of aliphatic hydroxyl groups excluding tert-OH is 1. The number of likely N-dealkylation sites (N-methyl/N-ethyl adjacent to an activating group) is 1. The van der Waals surface area contributed by atoms with E-state index in [-0.39, 0.29) is 32.2 Å². The number of alkyl carbamates (subject to hydrolysis) is 1. The summed E-state index contributed by atoms with van der Waals surface area (Å²) in [6.07, 6.45) is -1.42. The number of hydrogen-bond acceptors (Lipinski definition) is 5. The number of carbonyl (C=O) groups is 2. The van der Waals surface area contributed by atoms with Crippen LogP contribution < -0.4 is 5.32 Å². The summed E-state index contributed by atoms with van der Waals surface area (Å²) < 4.78 is 9.77. The summed E-state index contributed by atoms with van der Waals surface area (Å²) in [4.78, 5) is 24.6. The lowest BCUT2D eigenvalue weighted by Crippen LogP contribution is -2.42. The first-order valence-corrected chi connectivity index (χ1v) is 6.88. The number of hydrogen-bond donors (Lipinski definition) is 2. The Kier molecular flexibility index (Phi) is 7.95. The highest BCUT2D eigenvalue weighted by Crippen LogP contribution is 2.00. The predicted octanol–water partition coefficient (Wildman–Crippen LogP) is 0.379. The average molecular weight is 310 g/mol. The lowest BCUT2D eigenvalue weighted by atomic mass is 10.2. The van der Waals surface area contributed by atoms with Crippen molar-refractivity contribution in [1.82, 2.24) is 10.2 Å². The zero-order valence-corrected chi connectivity index (χ0v) is 12.8. The molecule has 1 rings (SSSR count). The first-order valence-electron chi connectivity index (χ1n) is 6.88. The Hall–Kier alpha value is -2.12. The third-order valence-corrected chi connectivity index (χ3v) is 2.87. The highest BCUT2D eigenvalue weighted by Gasteiger charge is 2.14. The molecule has 0 fully saturated rings. The van der Waals surface area contributed by atoms with Crippen molar-refractivity contribution in [3.05, 3.63) is 35.9 Å². The number of rotatable bonds is 8. The van der Waals surface area contributed by atoms with Crippen molar-refractivity contribution in [2.45, 2.75) is 12.7 Å². The Morgan fingerprint density at radius 3 is 2.64 bits per heavy atom. The minimum absolute atomic E-state index is 0.132. The van der Waals surface area contributed by atoms with Crippen molar-refractivity contribution in [1.29, 1.82) is 0 Å². The molecule has 0 radical (unpaired) electrons. The van der Waals surface area contributed by atoms with Gasteiger partial charge in [0.1, 0.15) is 13.2 Å². The van der Waals surface area contributed by atoms with Crippen LogP contribution in [-0.4, -0.2) is 62.0 Å². The smallest absolute Gasteiger partial charge is 0.407 e. The van der Waals surface area contributed by atoms with Crippen molar-refractivity contribution < 1.29 is 24.2 Å². The van der Waals surface area contributed by atoms with E-state index in [1.54, 1.807) is 0 Å². The van der Waals surface area contributed by atoms with E-state index in [9.17, 15) is 14.7 Å². The zero-order valence-electron chi connectivity index (χ0n) is 12.8. The van der Waals surface area contributed by atoms with Crippen molar-refractivity contribution in [2.75, 3.05) is 33.9 Å². The average Bonchev–Trinajstić information content (AvgIpc) is 2.51. The number of benzene rings is 1. The molecule has 0 spiro atoms. The number of amides is 2. The summed E-state index contributed by atoms with van der Waals surface area (Å²) in [5.41, 5.74) is 0.865. The van der Waals surface area contributed by atoms with Crippen LogP contribution in [0.2, 0.25) is 0 Å². The van der Waals surface area contributed by atoms with Gasteiger partial charge in [0.25, 0.3) is 0 Å². The largest absolute Gasteiger partial charge is 0.445 e. The number of nitrogens with one attached hydrogen (secondary N) is 1. The van der Waals surface area contributed by atoms with E-state index in [0.717, 1.165) is 5.56 Å². The van der Waals surface area contributed by atoms with Crippen molar-refractivity contribution in [3.8, 4) is 0 Å². The van der Waals surface area contributed by atoms with Gasteiger partial charge < -0.3 is 24.8 Å². The molecule has 0 aliphatic carbocycles. The number of aliphatic hydroxyl groups is 1. The van der Waals surface area contributed by atoms with Gasteiger partial charge in [-0.1, -0.05) is 30.3 Å². The van der Waals surface area contributed by atoms with Gasteiger partial charge in [0.2, 0.25) is 5.91 Å². The molecule has 1 aromatic carbocycles. The Bertz CT molecular complexity index is 466. The van der Waals surface area contributed by atoms with E-state index in [4.69, 9.17) is 9.47 Å². The second kappa shape index (κ2) is 9.75. The molecule has 2 N–H and O–H groups in total. The Morgan fingerprint density at radius 1 is 1.32 bits per heavy atom. The molecule has 0 aliphatic heterocycles. The van der Waals surface area contributed by atoms with Gasteiger partial charge in [-0.05, 0) is 5.56 Å². The molecule has 122 valence electrons. The number of methoxy groups -OCH3 is 1. The molecule has 0 bridgehead atoms. The first kappa shape index (κ1) is 17.9. The number of nitrogens with zero attached hydrogens (tertiary/aromatic N) is 1. The van der Waals surface area contributed by atoms with Crippen molar-refractivity contribution in [2.24, 2.45) is 0 Å². The van der Waals surface area contributed by atoms with E-state index in [1.807, 2.05) is 30.3 Å². The molecule has 1 aromatic rings. The molecule has 22 heavy (non-hydrogen) atoms. The van der Waals surface area contributed by atoms with Crippen LogP contribution in [-0.2, 0) is 20.9 Å². The van der Waals surface area contributed by atoms with Crippen LogP contribution in [0.4, 0.5) is 4.79 Å². The Balaban J connectivity index is 2.23. The number of ether oxygens (including phenoxy) is 2. The highest BCUT2D eigenvalue weighted by molar-refractivity contribution is 5.82. The van der Waals surface area contributed by atoms with Gasteiger partial charge in [0.05, 0.1) is 12.7 Å².